The Morgan fingerprint density at radius 1 is 1.25 bits per heavy atom. The van der Waals surface area contributed by atoms with Gasteiger partial charge < -0.3 is 20.6 Å². The number of benzene rings is 1. The molecule has 126 valence electrons. The number of rotatable bonds is 5. The van der Waals surface area contributed by atoms with Gasteiger partial charge in [-0.2, -0.15) is 0 Å². The minimum absolute atomic E-state index is 0.00738. The molecule has 4 N–H and O–H groups in total. The predicted molar refractivity (Wildman–Crippen MR) is 83.1 cm³/mol. The third-order valence-corrected chi connectivity index (χ3v) is 3.82. The highest BCUT2D eigenvalue weighted by Crippen LogP contribution is 2.34. The molecule has 10 heteroatoms. The minimum Gasteiger partial charge on any atom is -0.508 e. The first kappa shape index (κ1) is 17.3. The van der Waals surface area contributed by atoms with Gasteiger partial charge in [0.15, 0.2) is 0 Å². The molecule has 9 nitrogen and oxygen atoms in total. The van der Waals surface area contributed by atoms with E-state index in [1.165, 1.54) is 18.2 Å². The van der Waals surface area contributed by atoms with Gasteiger partial charge in [-0.15, -0.1) is 0 Å². The van der Waals surface area contributed by atoms with E-state index >= 15 is 0 Å². The van der Waals surface area contributed by atoms with Crippen molar-refractivity contribution in [1.82, 2.24) is 10.2 Å². The molecule has 0 radical (unpaired) electrons. The molecule has 0 unspecified atom stereocenters. The summed E-state index contributed by atoms with van der Waals surface area (Å²) in [4.78, 5) is 46.5. The summed E-state index contributed by atoms with van der Waals surface area (Å²) in [5.41, 5.74) is 0.216. The molecule has 1 aliphatic heterocycles. The maximum Gasteiger partial charge on any atom is 0.322 e. The molecule has 1 fully saturated rings. The Balaban J connectivity index is 2.12. The van der Waals surface area contributed by atoms with Gasteiger partial charge in [0.1, 0.15) is 24.6 Å². The quantitative estimate of drug-likeness (QED) is 0.555. The molecule has 3 amide bonds. The first-order valence-electron chi connectivity index (χ1n) is 6.54. The number of phenolic OH excluding ortho intramolecular Hbond substituents is 2. The van der Waals surface area contributed by atoms with Crippen molar-refractivity contribution >= 4 is 40.9 Å². The zero-order valence-corrected chi connectivity index (χ0v) is 12.9. The number of thioether (sulfide) groups is 1. The van der Waals surface area contributed by atoms with Crippen LogP contribution in [0.3, 0.4) is 0 Å². The van der Waals surface area contributed by atoms with E-state index < -0.39 is 36.1 Å². The van der Waals surface area contributed by atoms with E-state index in [1.54, 1.807) is 0 Å². The lowest BCUT2D eigenvalue weighted by atomic mass is 10.1. The van der Waals surface area contributed by atoms with Crippen LogP contribution in [-0.2, 0) is 14.4 Å². The predicted octanol–water partition coefficient (Wildman–Crippen LogP) is 0.335. The van der Waals surface area contributed by atoms with E-state index in [9.17, 15) is 29.4 Å². The average molecular weight is 352 g/mol. The van der Waals surface area contributed by atoms with Gasteiger partial charge in [-0.05, 0) is 30.0 Å². The number of imide groups is 1. The molecule has 1 aromatic rings. The summed E-state index contributed by atoms with van der Waals surface area (Å²) in [6.07, 6.45) is 1.26. The fourth-order valence-electron chi connectivity index (χ4n) is 1.81. The van der Waals surface area contributed by atoms with Gasteiger partial charge in [0.2, 0.25) is 5.91 Å². The molecule has 0 spiro atoms. The fraction of sp³-hybridized carbons (Fsp3) is 0.143. The minimum atomic E-state index is -1.25. The lowest BCUT2D eigenvalue weighted by Crippen LogP contribution is -2.41. The number of phenols is 2. The van der Waals surface area contributed by atoms with Crippen molar-refractivity contribution in [1.29, 1.82) is 0 Å². The highest BCUT2D eigenvalue weighted by Gasteiger charge is 2.36. The van der Waals surface area contributed by atoms with Crippen LogP contribution in [0, 0.1) is 0 Å². The van der Waals surface area contributed by atoms with Gasteiger partial charge in [0, 0.05) is 11.6 Å². The Morgan fingerprint density at radius 3 is 2.58 bits per heavy atom. The van der Waals surface area contributed by atoms with Crippen LogP contribution in [0.2, 0.25) is 0 Å². The first-order valence-corrected chi connectivity index (χ1v) is 7.35. The number of aromatic hydroxyl groups is 2. The Morgan fingerprint density at radius 2 is 1.96 bits per heavy atom. The number of carboxylic acids is 1. The van der Waals surface area contributed by atoms with Gasteiger partial charge in [0.25, 0.3) is 11.1 Å². The SMILES string of the molecule is O=C(O)CNC(=O)CN1C(=O)S/C(=C\c2ccc(O)cc2O)C1=O. The Kier molecular flexibility index (Phi) is 5.09. The van der Waals surface area contributed by atoms with E-state index in [1.807, 2.05) is 5.32 Å². The van der Waals surface area contributed by atoms with Crippen molar-refractivity contribution in [2.24, 2.45) is 0 Å². The molecular weight excluding hydrogens is 340 g/mol. The van der Waals surface area contributed by atoms with E-state index in [4.69, 9.17) is 5.11 Å². The summed E-state index contributed by atoms with van der Waals surface area (Å²) in [5, 5.41) is 28.7. The molecule has 1 aliphatic rings. The number of hydrogen-bond acceptors (Lipinski definition) is 7. The van der Waals surface area contributed by atoms with E-state index in [2.05, 4.69) is 0 Å². The van der Waals surface area contributed by atoms with Crippen LogP contribution in [0.4, 0.5) is 4.79 Å². The standard InChI is InChI=1S/C14H12N2O7S/c17-8-2-1-7(9(18)4-8)3-10-13(22)16(14(23)24-10)6-11(19)15-5-12(20)21/h1-4,17-18H,5-6H2,(H,15,19)(H,20,21)/b10-3-. The molecule has 0 aliphatic carbocycles. The monoisotopic (exact) mass is 352 g/mol. The van der Waals surface area contributed by atoms with Crippen molar-refractivity contribution in [2.45, 2.75) is 0 Å². The van der Waals surface area contributed by atoms with Crippen LogP contribution in [0.5, 0.6) is 11.5 Å². The van der Waals surface area contributed by atoms with Crippen LogP contribution in [0.25, 0.3) is 6.08 Å². The Labute approximate surface area is 139 Å². The average Bonchev–Trinajstić information content (AvgIpc) is 2.75. The second kappa shape index (κ2) is 7.04. The van der Waals surface area contributed by atoms with Crippen LogP contribution >= 0.6 is 11.8 Å². The van der Waals surface area contributed by atoms with Crippen molar-refractivity contribution in [2.75, 3.05) is 13.1 Å². The van der Waals surface area contributed by atoms with Gasteiger partial charge in [-0.25, -0.2) is 0 Å². The normalized spacial score (nSPS) is 15.8. The lowest BCUT2D eigenvalue weighted by molar-refractivity contribution is -0.138. The van der Waals surface area contributed by atoms with Crippen LogP contribution in [0.15, 0.2) is 23.1 Å². The molecule has 0 atom stereocenters. The Hall–Kier alpha value is -3.01. The summed E-state index contributed by atoms with van der Waals surface area (Å²) in [6.45, 7) is -1.22. The number of carbonyl (C=O) groups excluding carboxylic acids is 3. The highest BCUT2D eigenvalue weighted by molar-refractivity contribution is 8.18. The first-order chi connectivity index (χ1) is 11.3. The maximum atomic E-state index is 12.2. The third-order valence-electron chi connectivity index (χ3n) is 2.91. The smallest absolute Gasteiger partial charge is 0.322 e. The van der Waals surface area contributed by atoms with Crippen molar-refractivity contribution in [3.05, 3.63) is 28.7 Å². The van der Waals surface area contributed by atoms with Gasteiger partial charge in [-0.1, -0.05) is 0 Å². The molecule has 0 bridgehead atoms. The van der Waals surface area contributed by atoms with E-state index in [-0.39, 0.29) is 22.0 Å². The van der Waals surface area contributed by atoms with Gasteiger partial charge >= 0.3 is 5.97 Å². The number of amides is 3. The molecule has 0 aromatic heterocycles. The highest BCUT2D eigenvalue weighted by atomic mass is 32.2. The molecule has 1 saturated heterocycles. The van der Waals surface area contributed by atoms with Crippen LogP contribution < -0.4 is 5.32 Å². The number of hydrogen-bond donors (Lipinski definition) is 4. The second-order valence-electron chi connectivity index (χ2n) is 4.68. The molecular formula is C14H12N2O7S. The van der Waals surface area contributed by atoms with Crippen molar-refractivity contribution in [3.63, 3.8) is 0 Å². The molecule has 24 heavy (non-hydrogen) atoms. The van der Waals surface area contributed by atoms with Crippen LogP contribution in [0.1, 0.15) is 5.56 Å². The largest absolute Gasteiger partial charge is 0.508 e. The summed E-state index contributed by atoms with van der Waals surface area (Å²) in [5.74, 6) is -3.20. The maximum absolute atomic E-state index is 12.2. The lowest BCUT2D eigenvalue weighted by Gasteiger charge is -2.11. The molecule has 2 rings (SSSR count). The van der Waals surface area contributed by atoms with Crippen molar-refractivity contribution in [3.8, 4) is 11.5 Å². The van der Waals surface area contributed by atoms with E-state index in [0.717, 1.165) is 6.07 Å². The number of carbonyl (C=O) groups is 4. The van der Waals surface area contributed by atoms with Crippen LogP contribution in [-0.4, -0.2) is 56.3 Å². The summed E-state index contributed by atoms with van der Waals surface area (Å²) in [7, 11) is 0. The zero-order chi connectivity index (χ0) is 17.9. The third kappa shape index (κ3) is 4.04. The molecule has 1 heterocycles. The second-order valence-corrected chi connectivity index (χ2v) is 5.67. The topological polar surface area (TPSA) is 144 Å². The van der Waals surface area contributed by atoms with E-state index in [0.29, 0.717) is 16.7 Å². The Bertz CT molecular complexity index is 759. The number of nitrogens with one attached hydrogen (secondary N) is 1. The zero-order valence-electron chi connectivity index (χ0n) is 12.1. The summed E-state index contributed by atoms with van der Waals surface area (Å²) < 4.78 is 0. The molecule has 1 aromatic carbocycles. The van der Waals surface area contributed by atoms with Gasteiger partial charge in [-0.3, -0.25) is 24.1 Å². The number of nitrogens with zero attached hydrogens (tertiary/aromatic N) is 1. The summed E-state index contributed by atoms with van der Waals surface area (Å²) >= 11 is 0.585. The summed E-state index contributed by atoms with van der Waals surface area (Å²) in [6, 6.07) is 3.74. The number of aliphatic carboxylic acids is 1. The number of carboxylic acid groups (broad SMARTS) is 1. The molecule has 0 saturated carbocycles. The van der Waals surface area contributed by atoms with Gasteiger partial charge in [0.05, 0.1) is 4.91 Å². The fourth-order valence-corrected chi connectivity index (χ4v) is 2.63. The van der Waals surface area contributed by atoms with Crippen molar-refractivity contribution < 1.29 is 34.5 Å².